The van der Waals surface area contributed by atoms with Crippen molar-refractivity contribution < 1.29 is 14.4 Å². The largest absolute Gasteiger partial charge is 0.477 e. The van der Waals surface area contributed by atoms with Crippen LogP contribution in [0.1, 0.15) is 40.8 Å². The monoisotopic (exact) mass is 387 g/mol. The lowest BCUT2D eigenvalue weighted by Crippen LogP contribution is -2.34. The number of nitrogens with one attached hydrogen (secondary N) is 1. The van der Waals surface area contributed by atoms with Crippen molar-refractivity contribution in [3.05, 3.63) is 46.5 Å². The van der Waals surface area contributed by atoms with Gasteiger partial charge in [0.15, 0.2) is 23.0 Å². The molecular weight excluding hydrogens is 370 g/mol. The summed E-state index contributed by atoms with van der Waals surface area (Å²) in [5.74, 6) is 1.39. The lowest BCUT2D eigenvalue weighted by molar-refractivity contribution is 0.0697. The Morgan fingerprint density at radius 1 is 1.30 bits per heavy atom. The van der Waals surface area contributed by atoms with Crippen LogP contribution < -0.4 is 4.90 Å². The summed E-state index contributed by atoms with van der Waals surface area (Å²) in [5, 5.41) is 21.5. The molecule has 1 aliphatic heterocycles. The summed E-state index contributed by atoms with van der Waals surface area (Å²) in [6.45, 7) is 3.19. The first-order valence-electron chi connectivity index (χ1n) is 8.65. The van der Waals surface area contributed by atoms with Gasteiger partial charge in [0.25, 0.3) is 0 Å². The summed E-state index contributed by atoms with van der Waals surface area (Å²) in [6.07, 6.45) is 1.64. The van der Waals surface area contributed by atoms with E-state index in [0.29, 0.717) is 29.5 Å². The van der Waals surface area contributed by atoms with Crippen molar-refractivity contribution in [3.8, 4) is 11.3 Å². The van der Waals surface area contributed by atoms with Gasteiger partial charge in [-0.15, -0.1) is 0 Å². The molecule has 4 rings (SSSR count). The maximum absolute atomic E-state index is 11.9. The highest BCUT2D eigenvalue weighted by molar-refractivity contribution is 6.30. The maximum Gasteiger partial charge on any atom is 0.343 e. The van der Waals surface area contributed by atoms with Gasteiger partial charge in [0.2, 0.25) is 0 Å². The van der Waals surface area contributed by atoms with Gasteiger partial charge < -0.3 is 14.5 Å². The van der Waals surface area contributed by atoms with E-state index < -0.39 is 5.97 Å². The van der Waals surface area contributed by atoms with Crippen molar-refractivity contribution in [1.82, 2.24) is 20.3 Å². The van der Waals surface area contributed by atoms with E-state index in [4.69, 9.17) is 16.1 Å². The fourth-order valence-electron chi connectivity index (χ4n) is 3.38. The van der Waals surface area contributed by atoms with Crippen LogP contribution in [0, 0.1) is 6.92 Å². The van der Waals surface area contributed by atoms with Gasteiger partial charge >= 0.3 is 5.97 Å². The zero-order valence-electron chi connectivity index (χ0n) is 14.6. The lowest BCUT2D eigenvalue weighted by atomic mass is 9.96. The SMILES string of the molecule is Cc1nc(C2CCN(c3noc(-c4ccc(Cl)cc4)c3C(=O)O)CC2)n[nH]1. The molecule has 3 aromatic rings. The first-order valence-corrected chi connectivity index (χ1v) is 9.03. The van der Waals surface area contributed by atoms with Crippen molar-refractivity contribution in [3.63, 3.8) is 0 Å². The number of benzene rings is 1. The number of carboxylic acids is 1. The molecule has 2 aromatic heterocycles. The molecule has 1 aromatic carbocycles. The van der Waals surface area contributed by atoms with Crippen LogP contribution in [0.3, 0.4) is 0 Å². The number of piperidine rings is 1. The van der Waals surface area contributed by atoms with Gasteiger partial charge in [-0.2, -0.15) is 5.10 Å². The smallest absolute Gasteiger partial charge is 0.343 e. The summed E-state index contributed by atoms with van der Waals surface area (Å²) < 4.78 is 5.41. The molecule has 0 spiro atoms. The molecule has 1 fully saturated rings. The molecular formula is C18H18ClN5O3. The number of halogens is 1. The van der Waals surface area contributed by atoms with Crippen LogP contribution in [0.5, 0.6) is 0 Å². The quantitative estimate of drug-likeness (QED) is 0.705. The van der Waals surface area contributed by atoms with Crippen molar-refractivity contribution >= 4 is 23.4 Å². The number of nitrogens with zero attached hydrogens (tertiary/aromatic N) is 4. The normalized spacial score (nSPS) is 15.3. The molecule has 27 heavy (non-hydrogen) atoms. The zero-order valence-corrected chi connectivity index (χ0v) is 15.4. The number of rotatable bonds is 4. The van der Waals surface area contributed by atoms with E-state index >= 15 is 0 Å². The minimum Gasteiger partial charge on any atom is -0.477 e. The molecule has 0 amide bonds. The fraction of sp³-hybridized carbons (Fsp3) is 0.333. The van der Waals surface area contributed by atoms with Gasteiger partial charge in [0.05, 0.1) is 0 Å². The van der Waals surface area contributed by atoms with E-state index in [0.717, 1.165) is 24.5 Å². The van der Waals surface area contributed by atoms with E-state index in [-0.39, 0.29) is 17.2 Å². The van der Waals surface area contributed by atoms with Crippen molar-refractivity contribution in [1.29, 1.82) is 0 Å². The van der Waals surface area contributed by atoms with Gasteiger partial charge in [-0.05, 0) is 44.0 Å². The van der Waals surface area contributed by atoms with Crippen LogP contribution in [0.25, 0.3) is 11.3 Å². The Hall–Kier alpha value is -2.87. The van der Waals surface area contributed by atoms with Gasteiger partial charge in [0.1, 0.15) is 5.82 Å². The summed E-state index contributed by atoms with van der Waals surface area (Å²) >= 11 is 5.91. The van der Waals surface area contributed by atoms with Crippen LogP contribution in [-0.4, -0.2) is 44.5 Å². The molecule has 3 heterocycles. The Kier molecular flexibility index (Phi) is 4.57. The molecule has 1 saturated heterocycles. The van der Waals surface area contributed by atoms with Crippen LogP contribution in [0.2, 0.25) is 5.02 Å². The number of hydrogen-bond acceptors (Lipinski definition) is 6. The van der Waals surface area contributed by atoms with Crippen molar-refractivity contribution in [2.75, 3.05) is 18.0 Å². The van der Waals surface area contributed by atoms with Crippen molar-refractivity contribution in [2.45, 2.75) is 25.7 Å². The van der Waals surface area contributed by atoms with Crippen LogP contribution in [0.15, 0.2) is 28.8 Å². The fourth-order valence-corrected chi connectivity index (χ4v) is 3.51. The molecule has 0 aliphatic carbocycles. The lowest BCUT2D eigenvalue weighted by Gasteiger charge is -2.30. The maximum atomic E-state index is 11.9. The second-order valence-electron chi connectivity index (χ2n) is 6.56. The number of hydrogen-bond donors (Lipinski definition) is 2. The summed E-state index contributed by atoms with van der Waals surface area (Å²) in [5.41, 5.74) is 0.700. The highest BCUT2D eigenvalue weighted by Crippen LogP contribution is 2.35. The van der Waals surface area contributed by atoms with Gasteiger partial charge in [0, 0.05) is 29.6 Å². The van der Waals surface area contributed by atoms with Gasteiger partial charge in [-0.3, -0.25) is 5.10 Å². The Balaban J connectivity index is 1.57. The van der Waals surface area contributed by atoms with Crippen LogP contribution >= 0.6 is 11.6 Å². The second kappa shape index (κ2) is 7.03. The minimum absolute atomic E-state index is 0.0736. The van der Waals surface area contributed by atoms with E-state index in [2.05, 4.69) is 20.3 Å². The van der Waals surface area contributed by atoms with E-state index in [1.54, 1.807) is 24.3 Å². The molecule has 140 valence electrons. The Labute approximate surface area is 160 Å². The second-order valence-corrected chi connectivity index (χ2v) is 7.00. The number of H-pyrrole nitrogens is 1. The summed E-state index contributed by atoms with van der Waals surface area (Å²) in [4.78, 5) is 18.2. The molecule has 0 atom stereocenters. The Morgan fingerprint density at radius 3 is 2.59 bits per heavy atom. The average molecular weight is 388 g/mol. The van der Waals surface area contributed by atoms with E-state index in [1.165, 1.54) is 0 Å². The predicted molar refractivity (Wildman–Crippen MR) is 99.2 cm³/mol. The highest BCUT2D eigenvalue weighted by atomic mass is 35.5. The Bertz CT molecular complexity index is 958. The molecule has 0 saturated carbocycles. The number of anilines is 1. The average Bonchev–Trinajstić information content (AvgIpc) is 3.29. The highest BCUT2D eigenvalue weighted by Gasteiger charge is 2.31. The standard InChI is InChI=1S/C18H18ClN5O3/c1-10-20-16(22-21-10)12-6-8-24(9-7-12)17-14(18(25)26)15(27-23-17)11-2-4-13(19)5-3-11/h2-5,12H,6-9H2,1H3,(H,25,26)(H,20,21,22). The number of carbonyl (C=O) groups is 1. The molecule has 0 radical (unpaired) electrons. The first kappa shape index (κ1) is 17.5. The third kappa shape index (κ3) is 3.40. The number of carboxylic acid groups (broad SMARTS) is 1. The third-order valence-electron chi connectivity index (χ3n) is 4.77. The third-order valence-corrected chi connectivity index (χ3v) is 5.02. The first-order chi connectivity index (χ1) is 13.0. The van der Waals surface area contributed by atoms with Crippen molar-refractivity contribution in [2.24, 2.45) is 0 Å². The zero-order chi connectivity index (χ0) is 19.0. The predicted octanol–water partition coefficient (Wildman–Crippen LogP) is 3.50. The minimum atomic E-state index is -1.07. The number of aromatic nitrogens is 4. The number of aromatic amines is 1. The van der Waals surface area contributed by atoms with Crippen LogP contribution in [-0.2, 0) is 0 Å². The topological polar surface area (TPSA) is 108 Å². The molecule has 1 aliphatic rings. The molecule has 0 bridgehead atoms. The van der Waals surface area contributed by atoms with Gasteiger partial charge in [-0.1, -0.05) is 16.8 Å². The molecule has 0 unspecified atom stereocenters. The molecule has 9 heteroatoms. The Morgan fingerprint density at radius 2 is 2.00 bits per heavy atom. The molecule has 8 nitrogen and oxygen atoms in total. The van der Waals surface area contributed by atoms with E-state index in [1.807, 2.05) is 11.8 Å². The summed E-state index contributed by atoms with van der Waals surface area (Å²) in [6, 6.07) is 6.82. The van der Waals surface area contributed by atoms with Crippen LogP contribution in [0.4, 0.5) is 5.82 Å². The number of aryl methyl sites for hydroxylation is 1. The summed E-state index contributed by atoms with van der Waals surface area (Å²) in [7, 11) is 0. The molecule has 2 N–H and O–H groups in total. The van der Waals surface area contributed by atoms with Gasteiger partial charge in [-0.25, -0.2) is 9.78 Å². The number of aromatic carboxylic acids is 1. The van der Waals surface area contributed by atoms with E-state index in [9.17, 15) is 9.90 Å².